The number of aromatic nitrogens is 2. The van der Waals surface area contributed by atoms with Gasteiger partial charge in [-0.15, -0.1) is 10.2 Å². The van der Waals surface area contributed by atoms with Gasteiger partial charge in [-0.05, 0) is 50.5 Å². The highest BCUT2D eigenvalue weighted by Gasteiger charge is 2.24. The van der Waals surface area contributed by atoms with Crippen molar-refractivity contribution in [2.45, 2.75) is 32.2 Å². The molecule has 1 unspecified atom stereocenters. The van der Waals surface area contributed by atoms with Crippen LogP contribution in [0.1, 0.15) is 26.2 Å². The van der Waals surface area contributed by atoms with E-state index in [0.717, 1.165) is 18.2 Å². The molecule has 1 aromatic heterocycles. The van der Waals surface area contributed by atoms with Crippen LogP contribution in [0.2, 0.25) is 0 Å². The number of carbonyl (C=O) groups excluding carboxylic acids is 1. The molecule has 0 saturated carbocycles. The van der Waals surface area contributed by atoms with Gasteiger partial charge in [0.1, 0.15) is 5.82 Å². The number of piperazine rings is 1. The smallest absolute Gasteiger partial charge is 0.322 e. The van der Waals surface area contributed by atoms with Crippen molar-refractivity contribution in [3.8, 4) is 0 Å². The van der Waals surface area contributed by atoms with Crippen LogP contribution in [0.3, 0.4) is 0 Å². The lowest BCUT2D eigenvalue weighted by atomic mass is 10.0. The highest BCUT2D eigenvalue weighted by molar-refractivity contribution is 5.89. The summed E-state index contributed by atoms with van der Waals surface area (Å²) in [4.78, 5) is 18.6. The quantitative estimate of drug-likeness (QED) is 0.859. The number of hydrogen-bond acceptors (Lipinski definition) is 5. The van der Waals surface area contributed by atoms with Gasteiger partial charge in [0.05, 0.1) is 5.69 Å². The number of nitrogens with zero attached hydrogens (tertiary/aromatic N) is 5. The number of amides is 2. The second-order valence-electron chi connectivity index (χ2n) is 7.67. The third-order valence-corrected chi connectivity index (χ3v) is 5.74. The Hall–Kier alpha value is -2.90. The Balaban J connectivity index is 1.32. The van der Waals surface area contributed by atoms with Crippen molar-refractivity contribution < 1.29 is 9.18 Å². The van der Waals surface area contributed by atoms with Crippen LogP contribution >= 0.6 is 0 Å². The molecule has 0 aliphatic carbocycles. The van der Waals surface area contributed by atoms with E-state index in [0.29, 0.717) is 32.2 Å². The summed E-state index contributed by atoms with van der Waals surface area (Å²) in [5.74, 6) is 1.33. The minimum Gasteiger partial charge on any atom is -0.352 e. The predicted molar refractivity (Wildman–Crippen MR) is 112 cm³/mol. The summed E-state index contributed by atoms with van der Waals surface area (Å²) < 4.78 is 13.7. The monoisotopic (exact) mass is 398 g/mol. The number of anilines is 3. The first-order valence-electron chi connectivity index (χ1n) is 10.3. The van der Waals surface area contributed by atoms with Gasteiger partial charge in [-0.3, -0.25) is 0 Å². The van der Waals surface area contributed by atoms with Gasteiger partial charge in [-0.2, -0.15) is 0 Å². The summed E-state index contributed by atoms with van der Waals surface area (Å²) >= 11 is 0. The first-order chi connectivity index (χ1) is 14.1. The molecule has 2 saturated heterocycles. The van der Waals surface area contributed by atoms with Crippen molar-refractivity contribution in [3.05, 3.63) is 42.2 Å². The van der Waals surface area contributed by atoms with Crippen molar-refractivity contribution >= 4 is 23.4 Å². The molecule has 2 aliphatic rings. The van der Waals surface area contributed by atoms with Crippen molar-refractivity contribution in [2.24, 2.45) is 0 Å². The lowest BCUT2D eigenvalue weighted by Crippen LogP contribution is -2.50. The van der Waals surface area contributed by atoms with Crippen LogP contribution in [-0.2, 0) is 0 Å². The highest BCUT2D eigenvalue weighted by atomic mass is 19.1. The van der Waals surface area contributed by atoms with Gasteiger partial charge in [0.2, 0.25) is 0 Å². The van der Waals surface area contributed by atoms with Gasteiger partial charge < -0.3 is 20.0 Å². The average Bonchev–Trinajstić information content (AvgIpc) is 2.76. The number of hydrogen-bond donors (Lipinski definition) is 1. The zero-order chi connectivity index (χ0) is 20.2. The molecule has 3 heterocycles. The van der Waals surface area contributed by atoms with Gasteiger partial charge >= 0.3 is 6.03 Å². The Kier molecular flexibility index (Phi) is 5.78. The van der Waals surface area contributed by atoms with Crippen molar-refractivity contribution in [1.29, 1.82) is 0 Å². The number of urea groups is 1. The summed E-state index contributed by atoms with van der Waals surface area (Å²) in [6.07, 6.45) is 3.67. The highest BCUT2D eigenvalue weighted by Crippen LogP contribution is 2.24. The first-order valence-corrected chi connectivity index (χ1v) is 10.3. The molecular weight excluding hydrogens is 371 g/mol. The van der Waals surface area contributed by atoms with Crippen LogP contribution in [0.15, 0.2) is 36.4 Å². The van der Waals surface area contributed by atoms with Crippen LogP contribution in [0.4, 0.5) is 26.5 Å². The molecule has 29 heavy (non-hydrogen) atoms. The van der Waals surface area contributed by atoms with Crippen LogP contribution in [-0.4, -0.2) is 59.9 Å². The van der Waals surface area contributed by atoms with Crippen molar-refractivity contribution in [1.82, 2.24) is 15.1 Å². The molecule has 2 aromatic rings. The fraction of sp³-hybridized carbons (Fsp3) is 0.476. The van der Waals surface area contributed by atoms with E-state index < -0.39 is 5.82 Å². The molecule has 0 spiro atoms. The Morgan fingerprint density at radius 3 is 2.41 bits per heavy atom. The van der Waals surface area contributed by atoms with E-state index in [4.69, 9.17) is 0 Å². The molecule has 8 heteroatoms. The van der Waals surface area contributed by atoms with E-state index in [1.54, 1.807) is 23.1 Å². The standard InChI is InChI=1S/C21H27FN6O/c1-16-6-4-5-11-28(16)20-10-9-19(24-25-20)26-12-14-27(15-13-26)21(29)23-18-8-3-2-7-17(18)22/h2-3,7-10,16H,4-6,11-15H2,1H3,(H,23,29). The number of carbonyl (C=O) groups is 1. The summed E-state index contributed by atoms with van der Waals surface area (Å²) in [5.41, 5.74) is 0.202. The molecule has 1 aromatic carbocycles. The summed E-state index contributed by atoms with van der Waals surface area (Å²) in [5, 5.41) is 11.5. The Bertz CT molecular complexity index is 837. The van der Waals surface area contributed by atoms with Crippen LogP contribution in [0.25, 0.3) is 0 Å². The van der Waals surface area contributed by atoms with Crippen LogP contribution < -0.4 is 15.1 Å². The lowest BCUT2D eigenvalue weighted by molar-refractivity contribution is 0.208. The first kappa shape index (κ1) is 19.4. The van der Waals surface area contributed by atoms with E-state index in [1.807, 2.05) is 12.1 Å². The van der Waals surface area contributed by atoms with Gasteiger partial charge in [0, 0.05) is 38.8 Å². The Morgan fingerprint density at radius 1 is 1.00 bits per heavy atom. The molecule has 0 bridgehead atoms. The molecule has 2 amide bonds. The molecule has 2 fully saturated rings. The number of halogens is 1. The maximum absolute atomic E-state index is 13.7. The van der Waals surface area contributed by atoms with E-state index in [-0.39, 0.29) is 11.7 Å². The molecule has 1 N–H and O–H groups in total. The molecular formula is C21H27FN6O. The predicted octanol–water partition coefficient (Wildman–Crippen LogP) is 3.35. The zero-order valence-corrected chi connectivity index (χ0v) is 16.7. The van der Waals surface area contributed by atoms with Crippen molar-refractivity contribution in [3.63, 3.8) is 0 Å². The fourth-order valence-electron chi connectivity index (χ4n) is 3.97. The van der Waals surface area contributed by atoms with Crippen LogP contribution in [0.5, 0.6) is 0 Å². The number of piperidine rings is 1. The molecule has 0 radical (unpaired) electrons. The lowest BCUT2D eigenvalue weighted by Gasteiger charge is -2.36. The second-order valence-corrected chi connectivity index (χ2v) is 7.67. The molecule has 2 aliphatic heterocycles. The number of nitrogens with one attached hydrogen (secondary N) is 1. The van der Waals surface area contributed by atoms with Crippen molar-refractivity contribution in [2.75, 3.05) is 47.8 Å². The molecule has 154 valence electrons. The number of para-hydroxylation sites is 1. The maximum atomic E-state index is 13.7. The minimum atomic E-state index is -0.433. The van der Waals surface area contributed by atoms with Gasteiger partial charge in [0.15, 0.2) is 11.6 Å². The third kappa shape index (κ3) is 4.41. The third-order valence-electron chi connectivity index (χ3n) is 5.74. The largest absolute Gasteiger partial charge is 0.352 e. The van der Waals surface area contributed by atoms with E-state index >= 15 is 0 Å². The zero-order valence-electron chi connectivity index (χ0n) is 16.7. The normalized spacial score (nSPS) is 19.9. The molecule has 4 rings (SSSR count). The SMILES string of the molecule is CC1CCCCN1c1ccc(N2CCN(C(=O)Nc3ccccc3F)CC2)nn1. The Labute approximate surface area is 170 Å². The topological polar surface area (TPSA) is 64.6 Å². The number of benzene rings is 1. The summed E-state index contributed by atoms with van der Waals surface area (Å²) in [6, 6.07) is 10.5. The maximum Gasteiger partial charge on any atom is 0.322 e. The van der Waals surface area contributed by atoms with E-state index in [2.05, 4.69) is 32.2 Å². The minimum absolute atomic E-state index is 0.202. The summed E-state index contributed by atoms with van der Waals surface area (Å²) in [6.45, 7) is 5.70. The van der Waals surface area contributed by atoms with E-state index in [1.165, 1.54) is 25.3 Å². The van der Waals surface area contributed by atoms with Gasteiger partial charge in [0.25, 0.3) is 0 Å². The van der Waals surface area contributed by atoms with E-state index in [9.17, 15) is 9.18 Å². The average molecular weight is 398 g/mol. The van der Waals surface area contributed by atoms with Crippen LogP contribution in [0, 0.1) is 5.82 Å². The fourth-order valence-corrected chi connectivity index (χ4v) is 3.97. The Morgan fingerprint density at radius 2 is 1.72 bits per heavy atom. The molecule has 7 nitrogen and oxygen atoms in total. The van der Waals surface area contributed by atoms with Gasteiger partial charge in [-0.25, -0.2) is 9.18 Å². The van der Waals surface area contributed by atoms with Gasteiger partial charge in [-0.1, -0.05) is 12.1 Å². The summed E-state index contributed by atoms with van der Waals surface area (Å²) in [7, 11) is 0. The number of rotatable bonds is 3. The second kappa shape index (κ2) is 8.63. The molecule has 1 atom stereocenters.